The molecule has 104 valence electrons. The molecule has 0 radical (unpaired) electrons. The highest BCUT2D eigenvalue weighted by Crippen LogP contribution is 2.37. The number of nitrogens with zero attached hydrogens (tertiary/aromatic N) is 2. The highest BCUT2D eigenvalue weighted by Gasteiger charge is 2.16. The Bertz CT molecular complexity index is 726. The maximum Gasteiger partial charge on any atom is 0.148 e. The van der Waals surface area contributed by atoms with Gasteiger partial charge in [-0.05, 0) is 47.3 Å². The number of hydrogen-bond donors (Lipinski definition) is 2. The molecule has 0 fully saturated rings. The maximum atomic E-state index is 5.99. The fourth-order valence-electron chi connectivity index (χ4n) is 1.89. The second-order valence-electron chi connectivity index (χ2n) is 4.46. The monoisotopic (exact) mass is 322 g/mol. The Morgan fingerprint density at radius 2 is 2.10 bits per heavy atom. The number of nitrogen functional groups attached to an aromatic ring is 1. The molecule has 0 saturated heterocycles. The quantitative estimate of drug-likeness (QED) is 0.758. The van der Waals surface area contributed by atoms with Crippen LogP contribution in [0.3, 0.4) is 0 Å². The van der Waals surface area contributed by atoms with Crippen LogP contribution in [0.5, 0.6) is 0 Å². The van der Waals surface area contributed by atoms with Gasteiger partial charge in [-0.2, -0.15) is 15.7 Å². The van der Waals surface area contributed by atoms with Gasteiger partial charge in [-0.3, -0.25) is 0 Å². The van der Waals surface area contributed by atoms with Crippen molar-refractivity contribution < 1.29 is 0 Å². The lowest BCUT2D eigenvalue weighted by atomic mass is 10.2. The zero-order valence-corrected chi connectivity index (χ0v) is 13.6. The maximum absolute atomic E-state index is 5.99. The normalized spacial score (nSPS) is 10.9. The number of hydrogen-bond acceptors (Lipinski definition) is 7. The fourth-order valence-corrected chi connectivity index (χ4v) is 4.07. The smallest absolute Gasteiger partial charge is 0.148 e. The van der Waals surface area contributed by atoms with Crippen LogP contribution >= 0.6 is 34.2 Å². The molecule has 4 nitrogen and oxygen atoms in total. The van der Waals surface area contributed by atoms with Gasteiger partial charge in [0.15, 0.2) is 0 Å². The second kappa shape index (κ2) is 5.51. The van der Waals surface area contributed by atoms with Gasteiger partial charge in [0.25, 0.3) is 0 Å². The number of nitrogens with one attached hydrogen (secondary N) is 1. The van der Waals surface area contributed by atoms with Crippen LogP contribution in [-0.2, 0) is 6.54 Å². The van der Waals surface area contributed by atoms with Crippen LogP contribution in [0.2, 0.25) is 0 Å². The van der Waals surface area contributed by atoms with Gasteiger partial charge >= 0.3 is 0 Å². The molecule has 0 aliphatic carbocycles. The minimum atomic E-state index is 0.546. The standard InChI is InChI=1S/C13H14N4S3/c1-7-4-18-5-9(7)3-15-13-11(12(14)17-20-13)10-6-19-8(2)16-10/h4-6,15H,3H2,1-2H3,(H2,14,17). The third-order valence-corrected chi connectivity index (χ3v) is 5.50. The molecule has 0 aliphatic heterocycles. The van der Waals surface area contributed by atoms with E-state index in [-0.39, 0.29) is 0 Å². The molecule has 0 unspecified atom stereocenters. The summed E-state index contributed by atoms with van der Waals surface area (Å²) in [6.07, 6.45) is 0. The van der Waals surface area contributed by atoms with E-state index in [0.29, 0.717) is 5.82 Å². The van der Waals surface area contributed by atoms with Crippen molar-refractivity contribution in [2.24, 2.45) is 0 Å². The third kappa shape index (κ3) is 2.56. The number of rotatable bonds is 4. The minimum absolute atomic E-state index is 0.546. The van der Waals surface area contributed by atoms with Crippen molar-refractivity contribution in [3.05, 3.63) is 32.3 Å². The van der Waals surface area contributed by atoms with Crippen LogP contribution in [-0.4, -0.2) is 9.36 Å². The summed E-state index contributed by atoms with van der Waals surface area (Å²) in [4.78, 5) is 4.50. The largest absolute Gasteiger partial charge is 0.382 e. The van der Waals surface area contributed by atoms with Crippen LogP contribution in [0.15, 0.2) is 16.1 Å². The van der Waals surface area contributed by atoms with Crippen LogP contribution in [0.1, 0.15) is 16.1 Å². The number of aryl methyl sites for hydroxylation is 2. The van der Waals surface area contributed by atoms with E-state index in [1.54, 1.807) is 22.7 Å². The molecule has 3 N–H and O–H groups in total. The van der Waals surface area contributed by atoms with Crippen LogP contribution in [0.25, 0.3) is 11.3 Å². The van der Waals surface area contributed by atoms with Crippen LogP contribution in [0.4, 0.5) is 10.8 Å². The highest BCUT2D eigenvalue weighted by atomic mass is 32.1. The summed E-state index contributed by atoms with van der Waals surface area (Å²) in [6, 6.07) is 0. The fraction of sp³-hybridized carbons (Fsp3) is 0.231. The van der Waals surface area contributed by atoms with Gasteiger partial charge in [-0.1, -0.05) is 0 Å². The molecule has 3 aromatic heterocycles. The zero-order valence-electron chi connectivity index (χ0n) is 11.1. The van der Waals surface area contributed by atoms with E-state index in [4.69, 9.17) is 5.73 Å². The predicted molar refractivity (Wildman–Crippen MR) is 88.8 cm³/mol. The van der Waals surface area contributed by atoms with Crippen molar-refractivity contribution in [1.29, 1.82) is 0 Å². The summed E-state index contributed by atoms with van der Waals surface area (Å²) >= 11 is 4.74. The SMILES string of the molecule is Cc1nc(-c2c(N)nsc2NCc2cscc2C)cs1. The number of aromatic nitrogens is 2. The Morgan fingerprint density at radius 3 is 2.75 bits per heavy atom. The first-order chi connectivity index (χ1) is 9.65. The van der Waals surface area contributed by atoms with Crippen molar-refractivity contribution >= 4 is 45.0 Å². The van der Waals surface area contributed by atoms with E-state index >= 15 is 0 Å². The first-order valence-electron chi connectivity index (χ1n) is 6.08. The second-order valence-corrected chi connectivity index (χ2v) is 7.04. The molecule has 0 atom stereocenters. The first-order valence-corrected chi connectivity index (χ1v) is 8.68. The van der Waals surface area contributed by atoms with Gasteiger partial charge in [0.05, 0.1) is 16.3 Å². The lowest BCUT2D eigenvalue weighted by molar-refractivity contribution is 1.15. The molecular weight excluding hydrogens is 308 g/mol. The molecule has 0 saturated carbocycles. The summed E-state index contributed by atoms with van der Waals surface area (Å²) in [6.45, 7) is 4.90. The minimum Gasteiger partial charge on any atom is -0.382 e. The Kier molecular flexibility index (Phi) is 3.73. The third-order valence-electron chi connectivity index (χ3n) is 2.99. The summed E-state index contributed by atoms with van der Waals surface area (Å²) in [7, 11) is 0. The Hall–Kier alpha value is -1.44. The zero-order chi connectivity index (χ0) is 14.1. The molecule has 0 aliphatic rings. The Balaban J connectivity index is 1.86. The topological polar surface area (TPSA) is 63.8 Å². The van der Waals surface area contributed by atoms with Gasteiger partial charge in [0.2, 0.25) is 0 Å². The van der Waals surface area contributed by atoms with E-state index in [9.17, 15) is 0 Å². The molecule has 3 rings (SSSR count). The van der Waals surface area contributed by atoms with Crippen LogP contribution in [0, 0.1) is 13.8 Å². The molecule has 0 amide bonds. The number of anilines is 2. The van der Waals surface area contributed by atoms with E-state index in [1.807, 2.05) is 12.3 Å². The van der Waals surface area contributed by atoms with Crippen molar-refractivity contribution in [3.8, 4) is 11.3 Å². The Labute approximate surface area is 129 Å². The van der Waals surface area contributed by atoms with E-state index in [1.165, 1.54) is 22.7 Å². The number of thiazole rings is 1. The summed E-state index contributed by atoms with van der Waals surface area (Å²) in [5.41, 5.74) is 10.4. The average Bonchev–Trinajstić information content (AvgIpc) is 3.09. The van der Waals surface area contributed by atoms with Crippen LogP contribution < -0.4 is 11.1 Å². The molecular formula is C13H14N4S3. The summed E-state index contributed by atoms with van der Waals surface area (Å²) < 4.78 is 4.25. The summed E-state index contributed by atoms with van der Waals surface area (Å²) in [5.74, 6) is 0.546. The lowest BCUT2D eigenvalue weighted by Crippen LogP contribution is -1.99. The van der Waals surface area contributed by atoms with Crippen molar-refractivity contribution in [2.75, 3.05) is 11.1 Å². The molecule has 0 aromatic carbocycles. The summed E-state index contributed by atoms with van der Waals surface area (Å²) in [5, 5.41) is 11.8. The predicted octanol–water partition coefficient (Wildman–Crippen LogP) is 4.14. The first kappa shape index (κ1) is 13.5. The van der Waals surface area contributed by atoms with E-state index in [0.717, 1.165) is 27.8 Å². The molecule has 0 bridgehead atoms. The molecule has 3 aromatic rings. The van der Waals surface area contributed by atoms with E-state index < -0.39 is 0 Å². The van der Waals surface area contributed by atoms with Gasteiger partial charge in [0.1, 0.15) is 10.8 Å². The molecule has 7 heteroatoms. The molecule has 0 spiro atoms. The Morgan fingerprint density at radius 1 is 1.25 bits per heavy atom. The van der Waals surface area contributed by atoms with Crippen molar-refractivity contribution in [2.45, 2.75) is 20.4 Å². The molecule has 20 heavy (non-hydrogen) atoms. The average molecular weight is 322 g/mol. The van der Waals surface area contributed by atoms with Gasteiger partial charge in [-0.15, -0.1) is 11.3 Å². The van der Waals surface area contributed by atoms with E-state index in [2.05, 4.69) is 32.4 Å². The van der Waals surface area contributed by atoms with Crippen molar-refractivity contribution in [3.63, 3.8) is 0 Å². The van der Waals surface area contributed by atoms with Gasteiger partial charge < -0.3 is 11.1 Å². The number of nitrogens with two attached hydrogens (primary N) is 1. The van der Waals surface area contributed by atoms with Crippen molar-refractivity contribution in [1.82, 2.24) is 9.36 Å². The van der Waals surface area contributed by atoms with Gasteiger partial charge in [-0.25, -0.2) is 4.98 Å². The number of thiophene rings is 1. The highest BCUT2D eigenvalue weighted by molar-refractivity contribution is 7.11. The lowest BCUT2D eigenvalue weighted by Gasteiger charge is -2.05. The van der Waals surface area contributed by atoms with Gasteiger partial charge in [0, 0.05) is 11.9 Å². The molecule has 3 heterocycles.